The Balaban J connectivity index is 2.78. The van der Waals surface area contributed by atoms with Gasteiger partial charge in [0.25, 0.3) is 6.43 Å². The first-order valence-corrected chi connectivity index (χ1v) is 3.79. The summed E-state index contributed by atoms with van der Waals surface area (Å²) in [7, 11) is 1.56. The van der Waals surface area contributed by atoms with Crippen LogP contribution in [-0.2, 0) is 7.05 Å². The molecule has 0 aromatic carbocycles. The van der Waals surface area contributed by atoms with Gasteiger partial charge in [-0.15, -0.1) is 0 Å². The number of hydrogen-bond donors (Lipinski definition) is 1. The third kappa shape index (κ3) is 2.38. The van der Waals surface area contributed by atoms with Gasteiger partial charge in [-0.25, -0.2) is 8.78 Å². The zero-order valence-electron chi connectivity index (χ0n) is 7.20. The van der Waals surface area contributed by atoms with E-state index in [4.69, 9.17) is 10.5 Å². The molecule has 0 fully saturated rings. The van der Waals surface area contributed by atoms with E-state index in [1.54, 1.807) is 7.05 Å². The molecule has 0 saturated heterocycles. The maximum Gasteiger partial charge on any atom is 0.285 e. The third-order valence-corrected chi connectivity index (χ3v) is 1.40. The number of hydrogen-bond acceptors (Lipinski definition) is 3. The molecule has 0 amide bonds. The number of aromatic nitrogens is 2. The lowest BCUT2D eigenvalue weighted by Crippen LogP contribution is -2.11. The summed E-state index contributed by atoms with van der Waals surface area (Å²) in [6.07, 6.45) is -1.22. The van der Waals surface area contributed by atoms with Crippen molar-refractivity contribution in [1.82, 2.24) is 9.78 Å². The normalized spacial score (nSPS) is 10.8. The molecule has 1 aromatic rings. The third-order valence-electron chi connectivity index (χ3n) is 1.40. The van der Waals surface area contributed by atoms with Crippen LogP contribution in [0.3, 0.4) is 0 Å². The SMILES string of the molecule is Cn1cc(OCCN)c(C(F)F)n1. The lowest BCUT2D eigenvalue weighted by molar-refractivity contribution is 0.139. The van der Waals surface area contributed by atoms with Crippen LogP contribution in [0.2, 0.25) is 0 Å². The van der Waals surface area contributed by atoms with Gasteiger partial charge in [0, 0.05) is 13.6 Å². The highest BCUT2D eigenvalue weighted by Crippen LogP contribution is 2.26. The molecule has 1 heterocycles. The first kappa shape index (κ1) is 9.91. The number of halogens is 2. The minimum atomic E-state index is -2.62. The molecule has 0 aliphatic carbocycles. The zero-order chi connectivity index (χ0) is 9.84. The fraction of sp³-hybridized carbons (Fsp3) is 0.571. The molecular formula is C7H11F2N3O. The van der Waals surface area contributed by atoms with Gasteiger partial charge in [-0.05, 0) is 0 Å². The maximum absolute atomic E-state index is 12.3. The van der Waals surface area contributed by atoms with E-state index in [0.717, 1.165) is 0 Å². The molecule has 2 N–H and O–H groups in total. The summed E-state index contributed by atoms with van der Waals surface area (Å²) in [6, 6.07) is 0. The van der Waals surface area contributed by atoms with Crippen molar-refractivity contribution in [2.24, 2.45) is 12.8 Å². The van der Waals surface area contributed by atoms with Gasteiger partial charge in [0.15, 0.2) is 11.4 Å². The van der Waals surface area contributed by atoms with Crippen molar-refractivity contribution in [2.45, 2.75) is 6.43 Å². The molecule has 0 unspecified atom stereocenters. The second-order valence-electron chi connectivity index (χ2n) is 2.49. The topological polar surface area (TPSA) is 53.1 Å². The molecule has 1 rings (SSSR count). The van der Waals surface area contributed by atoms with Gasteiger partial charge in [0.05, 0.1) is 6.20 Å². The number of alkyl halides is 2. The van der Waals surface area contributed by atoms with Crippen LogP contribution in [0.1, 0.15) is 12.1 Å². The predicted molar refractivity (Wildman–Crippen MR) is 42.7 cm³/mol. The number of rotatable bonds is 4. The first-order valence-electron chi connectivity index (χ1n) is 3.79. The summed E-state index contributed by atoms with van der Waals surface area (Å²) < 4.78 is 30.8. The lowest BCUT2D eigenvalue weighted by Gasteiger charge is -2.02. The molecule has 4 nitrogen and oxygen atoms in total. The van der Waals surface area contributed by atoms with Gasteiger partial charge < -0.3 is 10.5 Å². The summed E-state index contributed by atoms with van der Waals surface area (Å²) >= 11 is 0. The highest BCUT2D eigenvalue weighted by Gasteiger charge is 2.18. The molecule has 0 aliphatic heterocycles. The molecule has 1 aromatic heterocycles. The van der Waals surface area contributed by atoms with Crippen molar-refractivity contribution in [3.63, 3.8) is 0 Å². The van der Waals surface area contributed by atoms with E-state index in [-0.39, 0.29) is 24.6 Å². The highest BCUT2D eigenvalue weighted by atomic mass is 19.3. The van der Waals surface area contributed by atoms with Crippen LogP contribution in [0, 0.1) is 0 Å². The molecule has 6 heteroatoms. The van der Waals surface area contributed by atoms with Crippen molar-refractivity contribution in [1.29, 1.82) is 0 Å². The van der Waals surface area contributed by atoms with Gasteiger partial charge in [0.2, 0.25) is 0 Å². The molecule has 0 spiro atoms. The summed E-state index contributed by atoms with van der Waals surface area (Å²) in [5, 5.41) is 3.56. The summed E-state index contributed by atoms with van der Waals surface area (Å²) in [5.41, 5.74) is 4.83. The van der Waals surface area contributed by atoms with E-state index in [9.17, 15) is 8.78 Å². The molecule has 0 atom stereocenters. The van der Waals surface area contributed by atoms with Crippen molar-refractivity contribution < 1.29 is 13.5 Å². The van der Waals surface area contributed by atoms with Crippen molar-refractivity contribution in [2.75, 3.05) is 13.2 Å². The summed E-state index contributed by atoms with van der Waals surface area (Å²) in [4.78, 5) is 0. The van der Waals surface area contributed by atoms with E-state index < -0.39 is 6.43 Å². The average Bonchev–Trinajstić information content (AvgIpc) is 2.43. The molecule has 0 bridgehead atoms. The fourth-order valence-electron chi connectivity index (χ4n) is 0.915. The smallest absolute Gasteiger partial charge is 0.285 e. The molecule has 13 heavy (non-hydrogen) atoms. The number of nitrogens with two attached hydrogens (primary N) is 1. The predicted octanol–water partition coefficient (Wildman–Crippen LogP) is 0.695. The van der Waals surface area contributed by atoms with Gasteiger partial charge in [-0.2, -0.15) is 5.10 Å². The van der Waals surface area contributed by atoms with E-state index in [2.05, 4.69) is 5.10 Å². The summed E-state index contributed by atoms with van der Waals surface area (Å²) in [5.74, 6) is 0.1000. The quantitative estimate of drug-likeness (QED) is 0.762. The second-order valence-corrected chi connectivity index (χ2v) is 2.49. The van der Waals surface area contributed by atoms with E-state index in [0.29, 0.717) is 0 Å². The van der Waals surface area contributed by atoms with E-state index >= 15 is 0 Å². The molecule has 0 saturated carbocycles. The molecule has 0 radical (unpaired) electrons. The van der Waals surface area contributed by atoms with Gasteiger partial charge >= 0.3 is 0 Å². The number of nitrogens with zero attached hydrogens (tertiary/aromatic N) is 2. The average molecular weight is 191 g/mol. The van der Waals surface area contributed by atoms with Crippen molar-refractivity contribution >= 4 is 0 Å². The summed E-state index contributed by atoms with van der Waals surface area (Å²) in [6.45, 7) is 0.503. The zero-order valence-corrected chi connectivity index (χ0v) is 7.20. The van der Waals surface area contributed by atoms with Crippen LogP contribution in [0.25, 0.3) is 0 Å². The van der Waals surface area contributed by atoms with E-state index in [1.807, 2.05) is 0 Å². The van der Waals surface area contributed by atoms with Crippen LogP contribution in [0.15, 0.2) is 6.20 Å². The fourth-order valence-corrected chi connectivity index (χ4v) is 0.915. The Hall–Kier alpha value is -1.17. The van der Waals surface area contributed by atoms with Crippen LogP contribution in [-0.4, -0.2) is 22.9 Å². The minimum absolute atomic E-state index is 0.1000. The first-order chi connectivity index (χ1) is 6.15. The van der Waals surface area contributed by atoms with Crippen LogP contribution in [0.5, 0.6) is 5.75 Å². The molecule has 0 aliphatic rings. The largest absolute Gasteiger partial charge is 0.488 e. The Morgan fingerprint density at radius 3 is 2.92 bits per heavy atom. The van der Waals surface area contributed by atoms with Gasteiger partial charge in [0.1, 0.15) is 6.61 Å². The highest BCUT2D eigenvalue weighted by molar-refractivity contribution is 5.25. The Morgan fingerprint density at radius 2 is 2.38 bits per heavy atom. The van der Waals surface area contributed by atoms with Crippen molar-refractivity contribution in [3.8, 4) is 5.75 Å². The van der Waals surface area contributed by atoms with Gasteiger partial charge in [-0.1, -0.05) is 0 Å². The van der Waals surface area contributed by atoms with Crippen molar-refractivity contribution in [3.05, 3.63) is 11.9 Å². The molecule has 74 valence electrons. The number of ether oxygens (including phenoxy) is 1. The van der Waals surface area contributed by atoms with Crippen LogP contribution < -0.4 is 10.5 Å². The monoisotopic (exact) mass is 191 g/mol. The Kier molecular flexibility index (Phi) is 3.18. The minimum Gasteiger partial charge on any atom is -0.488 e. The Bertz CT molecular complexity index is 275. The van der Waals surface area contributed by atoms with Crippen LogP contribution in [0.4, 0.5) is 8.78 Å². The lowest BCUT2D eigenvalue weighted by atomic mass is 10.4. The molecular weight excluding hydrogens is 180 g/mol. The number of aryl methyl sites for hydroxylation is 1. The van der Waals surface area contributed by atoms with E-state index in [1.165, 1.54) is 10.9 Å². The Morgan fingerprint density at radius 1 is 1.69 bits per heavy atom. The van der Waals surface area contributed by atoms with Crippen LogP contribution >= 0.6 is 0 Å². The second kappa shape index (κ2) is 4.18. The maximum atomic E-state index is 12.3. The standard InChI is InChI=1S/C7H11F2N3O/c1-12-4-5(13-3-2-10)6(11-12)7(8)9/h4,7H,2-3,10H2,1H3. The Labute approximate surface area is 74.3 Å². The van der Waals surface area contributed by atoms with Gasteiger partial charge in [-0.3, -0.25) is 4.68 Å².